The second kappa shape index (κ2) is 8.37. The van der Waals surface area contributed by atoms with Crippen LogP contribution in [0.3, 0.4) is 0 Å². The van der Waals surface area contributed by atoms with E-state index in [-0.39, 0.29) is 18.3 Å². The number of hydrogen-bond acceptors (Lipinski definition) is 7. The summed E-state index contributed by atoms with van der Waals surface area (Å²) in [6.07, 6.45) is 2.30. The van der Waals surface area contributed by atoms with Crippen LogP contribution in [0.15, 0.2) is 54.0 Å². The normalized spacial score (nSPS) is 20.1. The van der Waals surface area contributed by atoms with E-state index in [9.17, 15) is 9.59 Å². The van der Waals surface area contributed by atoms with Gasteiger partial charge in [0, 0.05) is 41.7 Å². The molecule has 0 saturated carbocycles. The summed E-state index contributed by atoms with van der Waals surface area (Å²) in [5.74, 6) is -0.0457. The van der Waals surface area contributed by atoms with Crippen molar-refractivity contribution in [2.45, 2.75) is 25.0 Å². The topological polar surface area (TPSA) is 97.5 Å². The first-order valence-corrected chi connectivity index (χ1v) is 11.5. The molecule has 7 nitrogen and oxygen atoms in total. The van der Waals surface area contributed by atoms with E-state index in [1.165, 1.54) is 0 Å². The van der Waals surface area contributed by atoms with E-state index in [4.69, 9.17) is 10.5 Å². The van der Waals surface area contributed by atoms with Crippen molar-refractivity contribution in [1.29, 1.82) is 0 Å². The maximum absolute atomic E-state index is 12.9. The van der Waals surface area contributed by atoms with Crippen molar-refractivity contribution in [2.24, 2.45) is 0 Å². The van der Waals surface area contributed by atoms with Crippen LogP contribution in [0.4, 0.5) is 10.5 Å². The molecule has 2 aliphatic heterocycles. The minimum atomic E-state index is -0.412. The van der Waals surface area contributed by atoms with Crippen LogP contribution in [0.5, 0.6) is 0 Å². The lowest BCUT2D eigenvalue weighted by Gasteiger charge is -2.19. The molecule has 3 aromatic rings. The fourth-order valence-electron chi connectivity index (χ4n) is 4.27. The lowest BCUT2D eigenvalue weighted by molar-refractivity contribution is 0.0727. The van der Waals surface area contributed by atoms with E-state index in [1.54, 1.807) is 34.6 Å². The Morgan fingerprint density at radius 2 is 2.19 bits per heavy atom. The molecule has 0 radical (unpaired) electrons. The average Bonchev–Trinajstić information content (AvgIpc) is 3.53. The fraction of sp³-hybridized carbons (Fsp3) is 0.292. The number of rotatable bonds is 6. The SMILES string of the molecule is Nc1ccc(-c2cccs2)cc1CC(=O)c1ccc(CN2CC3(CCNC3)OC2=O)nc1. The molecule has 1 unspecified atom stereocenters. The fourth-order valence-corrected chi connectivity index (χ4v) is 4.99. The van der Waals surface area contributed by atoms with Gasteiger partial charge in [-0.3, -0.25) is 14.7 Å². The van der Waals surface area contributed by atoms with Crippen LogP contribution in [0.1, 0.15) is 28.0 Å². The molecule has 3 N–H and O–H groups in total. The minimum Gasteiger partial charge on any atom is -0.439 e. The summed E-state index contributed by atoms with van der Waals surface area (Å²) >= 11 is 1.65. The number of nitrogens with zero attached hydrogens (tertiary/aromatic N) is 2. The van der Waals surface area contributed by atoms with Gasteiger partial charge in [-0.25, -0.2) is 4.79 Å². The number of Topliss-reactive ketones (excluding diaryl/α,β-unsaturated/α-hetero) is 1. The standard InChI is InChI=1S/C24H24N4O3S/c25-20-6-4-16(22-2-1-9-32-22)10-18(20)11-21(29)17-3-5-19(27-12-17)13-28-15-24(31-23(28)30)7-8-26-14-24/h1-6,9-10,12,26H,7-8,11,13-15,25H2. The summed E-state index contributed by atoms with van der Waals surface area (Å²) in [6.45, 7) is 2.47. The van der Waals surface area contributed by atoms with Gasteiger partial charge in [0.15, 0.2) is 5.78 Å². The molecule has 2 aliphatic rings. The number of carbonyl (C=O) groups excluding carboxylic acids is 2. The Labute approximate surface area is 190 Å². The van der Waals surface area contributed by atoms with Gasteiger partial charge in [-0.15, -0.1) is 11.3 Å². The Kier molecular flexibility index (Phi) is 5.40. The molecule has 0 bridgehead atoms. The average molecular weight is 449 g/mol. The van der Waals surface area contributed by atoms with Gasteiger partial charge < -0.3 is 15.8 Å². The van der Waals surface area contributed by atoms with Crippen LogP contribution in [0.25, 0.3) is 10.4 Å². The highest BCUT2D eigenvalue weighted by Crippen LogP contribution is 2.30. The predicted octanol–water partition coefficient (Wildman–Crippen LogP) is 3.50. The zero-order valence-electron chi connectivity index (χ0n) is 17.5. The summed E-state index contributed by atoms with van der Waals surface area (Å²) in [4.78, 5) is 32.3. The Balaban J connectivity index is 1.25. The summed E-state index contributed by atoms with van der Waals surface area (Å²) < 4.78 is 5.60. The number of carbonyl (C=O) groups is 2. The Hall–Kier alpha value is -3.23. The lowest BCUT2D eigenvalue weighted by atomic mass is 10.00. The van der Waals surface area contributed by atoms with Crippen molar-refractivity contribution < 1.29 is 14.3 Å². The van der Waals surface area contributed by atoms with Crippen molar-refractivity contribution in [3.05, 3.63) is 70.9 Å². The molecule has 4 heterocycles. The van der Waals surface area contributed by atoms with E-state index in [1.807, 2.05) is 35.7 Å². The molecule has 32 heavy (non-hydrogen) atoms. The van der Waals surface area contributed by atoms with E-state index >= 15 is 0 Å². The first kappa shape index (κ1) is 20.7. The molecule has 1 aromatic carbocycles. The molecular formula is C24H24N4O3S. The van der Waals surface area contributed by atoms with Crippen molar-refractivity contribution >= 4 is 28.9 Å². The highest BCUT2D eigenvalue weighted by Gasteiger charge is 2.47. The van der Waals surface area contributed by atoms with Crippen LogP contribution in [-0.2, 0) is 17.7 Å². The molecule has 1 amide bonds. The molecule has 1 atom stereocenters. The van der Waals surface area contributed by atoms with Gasteiger partial charge in [-0.1, -0.05) is 12.1 Å². The van der Waals surface area contributed by atoms with Crippen LogP contribution in [-0.4, -0.2) is 47.0 Å². The van der Waals surface area contributed by atoms with Crippen molar-refractivity contribution in [3.8, 4) is 10.4 Å². The van der Waals surface area contributed by atoms with E-state index < -0.39 is 5.60 Å². The van der Waals surface area contributed by atoms with Gasteiger partial charge >= 0.3 is 6.09 Å². The first-order chi connectivity index (χ1) is 15.5. The largest absolute Gasteiger partial charge is 0.439 e. The van der Waals surface area contributed by atoms with Gasteiger partial charge in [0.1, 0.15) is 5.60 Å². The number of nitrogens with two attached hydrogens (primary N) is 1. The number of nitrogen functional groups attached to an aromatic ring is 1. The number of pyridine rings is 1. The highest BCUT2D eigenvalue weighted by molar-refractivity contribution is 7.13. The van der Waals surface area contributed by atoms with Crippen molar-refractivity contribution in [3.63, 3.8) is 0 Å². The molecule has 2 aromatic heterocycles. The number of anilines is 1. The quantitative estimate of drug-likeness (QED) is 0.442. The smallest absolute Gasteiger partial charge is 0.410 e. The van der Waals surface area contributed by atoms with Gasteiger partial charge in [0.2, 0.25) is 0 Å². The number of aromatic nitrogens is 1. The number of ether oxygens (including phenoxy) is 1. The maximum Gasteiger partial charge on any atom is 0.410 e. The maximum atomic E-state index is 12.9. The van der Waals surface area contributed by atoms with E-state index in [2.05, 4.69) is 10.3 Å². The van der Waals surface area contributed by atoms with E-state index in [0.29, 0.717) is 30.9 Å². The van der Waals surface area contributed by atoms with E-state index in [0.717, 1.165) is 34.7 Å². The van der Waals surface area contributed by atoms with Crippen LogP contribution in [0.2, 0.25) is 0 Å². The molecule has 5 rings (SSSR count). The van der Waals surface area contributed by atoms with Crippen LogP contribution < -0.4 is 11.1 Å². The zero-order chi connectivity index (χ0) is 22.1. The molecule has 164 valence electrons. The number of hydrogen-bond donors (Lipinski definition) is 2. The molecule has 2 fully saturated rings. The third-order valence-corrected chi connectivity index (χ3v) is 6.96. The van der Waals surface area contributed by atoms with Gasteiger partial charge in [0.05, 0.1) is 18.8 Å². The third kappa shape index (κ3) is 4.11. The number of ketones is 1. The van der Waals surface area contributed by atoms with Gasteiger partial charge in [-0.05, 0) is 53.4 Å². The molecule has 8 heteroatoms. The second-order valence-electron chi connectivity index (χ2n) is 8.36. The number of amides is 1. The summed E-state index contributed by atoms with van der Waals surface area (Å²) in [6, 6.07) is 13.4. The van der Waals surface area contributed by atoms with Gasteiger partial charge in [0.25, 0.3) is 0 Å². The monoisotopic (exact) mass is 448 g/mol. The number of thiophene rings is 1. The zero-order valence-corrected chi connectivity index (χ0v) is 18.4. The summed E-state index contributed by atoms with van der Waals surface area (Å²) in [5.41, 5.74) is 9.43. The lowest BCUT2D eigenvalue weighted by Crippen LogP contribution is -2.36. The highest BCUT2D eigenvalue weighted by atomic mass is 32.1. The summed E-state index contributed by atoms with van der Waals surface area (Å²) in [7, 11) is 0. The molecular weight excluding hydrogens is 424 g/mol. The summed E-state index contributed by atoms with van der Waals surface area (Å²) in [5, 5.41) is 5.27. The second-order valence-corrected chi connectivity index (χ2v) is 9.31. The Morgan fingerprint density at radius 3 is 2.91 bits per heavy atom. The van der Waals surface area contributed by atoms with Gasteiger partial charge in [-0.2, -0.15) is 0 Å². The minimum absolute atomic E-state index is 0.0457. The number of nitrogens with one attached hydrogen (secondary N) is 1. The Bertz CT molecular complexity index is 1140. The number of benzene rings is 1. The molecule has 2 saturated heterocycles. The third-order valence-electron chi connectivity index (χ3n) is 6.04. The predicted molar refractivity (Wildman–Crippen MR) is 124 cm³/mol. The van der Waals surface area contributed by atoms with Crippen LogP contribution in [0, 0.1) is 0 Å². The van der Waals surface area contributed by atoms with Crippen LogP contribution >= 0.6 is 11.3 Å². The van der Waals surface area contributed by atoms with Crippen molar-refractivity contribution in [1.82, 2.24) is 15.2 Å². The first-order valence-electron chi connectivity index (χ1n) is 10.6. The Morgan fingerprint density at radius 1 is 1.28 bits per heavy atom. The molecule has 0 aliphatic carbocycles. The molecule has 1 spiro atoms. The van der Waals surface area contributed by atoms with Crippen molar-refractivity contribution in [2.75, 3.05) is 25.4 Å².